The van der Waals surface area contributed by atoms with Crippen molar-refractivity contribution in [1.82, 2.24) is 24.8 Å². The third-order valence-electron chi connectivity index (χ3n) is 8.06. The van der Waals surface area contributed by atoms with Gasteiger partial charge in [-0.05, 0) is 51.9 Å². The molecule has 0 bridgehead atoms. The summed E-state index contributed by atoms with van der Waals surface area (Å²) in [6, 6.07) is 2.98. The van der Waals surface area contributed by atoms with Gasteiger partial charge in [-0.3, -0.25) is 4.79 Å². The number of hydrogen-bond donors (Lipinski definition) is 2. The molecule has 4 fully saturated rings. The Bertz CT molecular complexity index is 1040. The molecule has 2 aromatic heterocycles. The van der Waals surface area contributed by atoms with Crippen molar-refractivity contribution in [3.05, 3.63) is 23.5 Å². The Hall–Kier alpha value is -1.84. The zero-order valence-electron chi connectivity index (χ0n) is 19.4. The number of carbonyl (C=O) groups is 1. The number of aromatic nitrogens is 3. The molecule has 3 saturated heterocycles. The second-order valence-electron chi connectivity index (χ2n) is 10.3. The van der Waals surface area contributed by atoms with Crippen molar-refractivity contribution < 1.29 is 4.79 Å². The second kappa shape index (κ2) is 8.74. The molecule has 178 valence electrons. The number of amides is 1. The van der Waals surface area contributed by atoms with Crippen molar-refractivity contribution in [2.75, 3.05) is 30.4 Å². The quantitative estimate of drug-likeness (QED) is 0.713. The Morgan fingerprint density at radius 1 is 1.21 bits per heavy atom. The van der Waals surface area contributed by atoms with Crippen LogP contribution in [0.3, 0.4) is 0 Å². The van der Waals surface area contributed by atoms with Gasteiger partial charge in [0.2, 0.25) is 5.91 Å². The normalized spacial score (nSPS) is 32.5. The average molecular weight is 470 g/mol. The van der Waals surface area contributed by atoms with E-state index in [1.807, 2.05) is 16.3 Å². The number of carbonyl (C=O) groups excluding carboxylic acids is 1. The fourth-order valence-electron chi connectivity index (χ4n) is 6.25. The van der Waals surface area contributed by atoms with Crippen molar-refractivity contribution in [3.8, 4) is 0 Å². The summed E-state index contributed by atoms with van der Waals surface area (Å²) in [5.74, 6) is 2.54. The Balaban J connectivity index is 1.25. The van der Waals surface area contributed by atoms with E-state index in [0.717, 1.165) is 93.2 Å². The largest absolute Gasteiger partial charge is 0.355 e. The fraction of sp³-hybridized carbons (Fsp3) is 0.708. The van der Waals surface area contributed by atoms with Gasteiger partial charge >= 0.3 is 0 Å². The van der Waals surface area contributed by atoms with Gasteiger partial charge in [-0.15, -0.1) is 11.8 Å². The minimum Gasteiger partial charge on any atom is -0.355 e. The number of thioether (sulfide) groups is 1. The molecule has 1 saturated carbocycles. The summed E-state index contributed by atoms with van der Waals surface area (Å²) >= 11 is 1.99. The highest BCUT2D eigenvalue weighted by atomic mass is 32.2. The molecule has 1 aliphatic carbocycles. The van der Waals surface area contributed by atoms with Crippen LogP contribution in [0.25, 0.3) is 5.65 Å². The van der Waals surface area contributed by atoms with Gasteiger partial charge < -0.3 is 20.9 Å². The maximum absolute atomic E-state index is 13.7. The molecule has 0 radical (unpaired) electrons. The Kier molecular flexibility index (Phi) is 5.74. The third kappa shape index (κ3) is 4.02. The first-order valence-electron chi connectivity index (χ1n) is 12.6. The highest BCUT2D eigenvalue weighted by molar-refractivity contribution is 8.00. The van der Waals surface area contributed by atoms with Crippen LogP contribution in [0.4, 0.5) is 5.82 Å². The number of nitrogens with zero attached hydrogens (tertiary/aromatic N) is 5. The van der Waals surface area contributed by atoms with Crippen LogP contribution in [-0.4, -0.2) is 68.2 Å². The Labute approximate surface area is 199 Å². The number of nitrogens with one attached hydrogen (secondary N) is 1. The SMILES string of the molecule is Cc1cn2nc([C@@H]3CCCCN3C(=O)C3CCC4NCSC4C3)cc2nc1N1CC[C@H](N)C1. The number of hydrogen-bond acceptors (Lipinski definition) is 7. The van der Waals surface area contributed by atoms with E-state index in [0.29, 0.717) is 17.2 Å². The molecule has 5 heterocycles. The molecule has 3 unspecified atom stereocenters. The molecular weight excluding hydrogens is 434 g/mol. The first kappa shape index (κ1) is 21.7. The minimum atomic E-state index is 0.0593. The molecule has 6 rings (SSSR count). The highest BCUT2D eigenvalue weighted by Gasteiger charge is 2.40. The molecule has 3 N–H and O–H groups in total. The van der Waals surface area contributed by atoms with E-state index in [4.69, 9.17) is 15.8 Å². The van der Waals surface area contributed by atoms with E-state index in [1.165, 1.54) is 0 Å². The molecule has 3 aliphatic heterocycles. The topological polar surface area (TPSA) is 91.8 Å². The van der Waals surface area contributed by atoms with Crippen LogP contribution >= 0.6 is 11.8 Å². The second-order valence-corrected chi connectivity index (χ2v) is 11.6. The third-order valence-corrected chi connectivity index (χ3v) is 9.34. The molecule has 4 aliphatic rings. The van der Waals surface area contributed by atoms with Crippen molar-refractivity contribution in [3.63, 3.8) is 0 Å². The van der Waals surface area contributed by atoms with Crippen molar-refractivity contribution in [2.45, 2.75) is 75.2 Å². The van der Waals surface area contributed by atoms with E-state index in [1.54, 1.807) is 0 Å². The summed E-state index contributed by atoms with van der Waals surface area (Å²) in [5, 5.41) is 9.09. The van der Waals surface area contributed by atoms with Crippen LogP contribution < -0.4 is 16.0 Å². The molecule has 8 nitrogen and oxygen atoms in total. The predicted octanol–water partition coefficient (Wildman–Crippen LogP) is 2.46. The Morgan fingerprint density at radius 3 is 2.97 bits per heavy atom. The van der Waals surface area contributed by atoms with E-state index < -0.39 is 0 Å². The van der Waals surface area contributed by atoms with E-state index in [-0.39, 0.29) is 18.0 Å². The highest BCUT2D eigenvalue weighted by Crippen LogP contribution is 2.39. The average Bonchev–Trinajstić information content (AvgIpc) is 3.56. The lowest BCUT2D eigenvalue weighted by Gasteiger charge is -2.39. The molecule has 5 atom stereocenters. The standard InChI is InChI=1S/C24H35N7OS/c1-15-12-31-22(27-23(15)29-9-7-17(25)13-29)11-19(28-31)20-4-2-3-8-30(20)24(32)16-5-6-18-21(10-16)33-14-26-18/h11-12,16-18,20-21,26H,2-10,13-14,25H2,1H3/t16?,17-,18?,20-,21?/m0/s1. The first-order chi connectivity index (χ1) is 16.1. The summed E-state index contributed by atoms with van der Waals surface area (Å²) in [7, 11) is 0. The molecule has 0 aromatic carbocycles. The zero-order chi connectivity index (χ0) is 22.5. The zero-order valence-corrected chi connectivity index (χ0v) is 20.3. The van der Waals surface area contributed by atoms with Crippen LogP contribution in [0.1, 0.15) is 62.2 Å². The maximum Gasteiger partial charge on any atom is 0.226 e. The van der Waals surface area contributed by atoms with Gasteiger partial charge in [-0.1, -0.05) is 0 Å². The molecule has 0 spiro atoms. The van der Waals surface area contributed by atoms with Gasteiger partial charge in [0, 0.05) is 66.6 Å². The van der Waals surface area contributed by atoms with Crippen molar-refractivity contribution in [2.24, 2.45) is 11.7 Å². The van der Waals surface area contributed by atoms with E-state index in [9.17, 15) is 4.79 Å². The Morgan fingerprint density at radius 2 is 2.12 bits per heavy atom. The number of piperidine rings is 1. The number of likely N-dealkylation sites (tertiary alicyclic amines) is 1. The number of aryl methyl sites for hydroxylation is 1. The number of anilines is 1. The lowest BCUT2D eigenvalue weighted by molar-refractivity contribution is -0.140. The van der Waals surface area contributed by atoms with Gasteiger partial charge in [0.05, 0.1) is 11.7 Å². The number of fused-ring (bicyclic) bond motifs is 2. The summed E-state index contributed by atoms with van der Waals surface area (Å²) in [4.78, 5) is 23.1. The minimum absolute atomic E-state index is 0.0593. The number of nitrogens with two attached hydrogens (primary N) is 1. The summed E-state index contributed by atoms with van der Waals surface area (Å²) < 4.78 is 1.90. The molecular formula is C24H35N7OS. The van der Waals surface area contributed by atoms with Crippen LogP contribution in [0.15, 0.2) is 12.3 Å². The van der Waals surface area contributed by atoms with E-state index >= 15 is 0 Å². The van der Waals surface area contributed by atoms with Crippen molar-refractivity contribution in [1.29, 1.82) is 0 Å². The smallest absolute Gasteiger partial charge is 0.226 e. The van der Waals surface area contributed by atoms with Gasteiger partial charge in [-0.25, -0.2) is 9.50 Å². The fourth-order valence-corrected chi connectivity index (χ4v) is 7.61. The molecule has 9 heteroatoms. The van der Waals surface area contributed by atoms with Crippen LogP contribution in [0.2, 0.25) is 0 Å². The molecule has 1 amide bonds. The summed E-state index contributed by atoms with van der Waals surface area (Å²) in [6.07, 6.45) is 9.42. The van der Waals surface area contributed by atoms with Gasteiger partial charge in [0.15, 0.2) is 5.65 Å². The number of rotatable bonds is 3. The van der Waals surface area contributed by atoms with Crippen LogP contribution in [0, 0.1) is 12.8 Å². The summed E-state index contributed by atoms with van der Waals surface area (Å²) in [6.45, 7) is 4.74. The van der Waals surface area contributed by atoms with Crippen LogP contribution in [-0.2, 0) is 4.79 Å². The van der Waals surface area contributed by atoms with Gasteiger partial charge in [0.25, 0.3) is 0 Å². The molecule has 2 aromatic rings. The lowest BCUT2D eigenvalue weighted by Crippen LogP contribution is -2.46. The van der Waals surface area contributed by atoms with Crippen LogP contribution in [0.5, 0.6) is 0 Å². The van der Waals surface area contributed by atoms with Gasteiger partial charge in [-0.2, -0.15) is 5.10 Å². The first-order valence-corrected chi connectivity index (χ1v) is 13.6. The molecule has 33 heavy (non-hydrogen) atoms. The summed E-state index contributed by atoms with van der Waals surface area (Å²) in [5.41, 5.74) is 9.09. The van der Waals surface area contributed by atoms with Gasteiger partial charge in [0.1, 0.15) is 5.82 Å². The van der Waals surface area contributed by atoms with Crippen molar-refractivity contribution >= 4 is 29.1 Å². The predicted molar refractivity (Wildman–Crippen MR) is 131 cm³/mol. The lowest BCUT2D eigenvalue weighted by atomic mass is 9.84. The van der Waals surface area contributed by atoms with E-state index in [2.05, 4.69) is 34.3 Å². The monoisotopic (exact) mass is 469 g/mol. The maximum atomic E-state index is 13.7.